The number of aliphatic hydroxyl groups is 1. The summed E-state index contributed by atoms with van der Waals surface area (Å²) in [5.74, 6) is 0. The monoisotopic (exact) mass is 197 g/mol. The topological polar surface area (TPSA) is 50.1 Å². The maximum atomic E-state index is 9.00. The number of nitrogens with one attached hydrogen (secondary N) is 1. The van der Waals surface area contributed by atoms with E-state index in [2.05, 4.69) is 24.3 Å². The summed E-state index contributed by atoms with van der Waals surface area (Å²) in [6, 6.07) is 2.19. The SMILES string of the molecule is CCC(CO)NCc1ccnn1CC. The average molecular weight is 197 g/mol. The van der Waals surface area contributed by atoms with Crippen LogP contribution in [0.3, 0.4) is 0 Å². The smallest absolute Gasteiger partial charge is 0.0584 e. The summed E-state index contributed by atoms with van der Waals surface area (Å²) in [5, 5.41) is 16.5. The lowest BCUT2D eigenvalue weighted by Gasteiger charge is -2.14. The molecule has 4 heteroatoms. The van der Waals surface area contributed by atoms with E-state index in [1.807, 2.05) is 10.7 Å². The number of aryl methyl sites for hydroxylation is 1. The Bertz CT molecular complexity index is 256. The highest BCUT2D eigenvalue weighted by Gasteiger charge is 2.05. The largest absolute Gasteiger partial charge is 0.395 e. The van der Waals surface area contributed by atoms with Crippen molar-refractivity contribution in [3.8, 4) is 0 Å². The third-order valence-corrected chi connectivity index (χ3v) is 2.39. The molecule has 0 bridgehead atoms. The zero-order chi connectivity index (χ0) is 10.4. The number of nitrogens with zero attached hydrogens (tertiary/aromatic N) is 2. The third-order valence-electron chi connectivity index (χ3n) is 2.39. The minimum absolute atomic E-state index is 0.190. The summed E-state index contributed by atoms with van der Waals surface area (Å²) in [6.07, 6.45) is 2.75. The minimum Gasteiger partial charge on any atom is -0.395 e. The summed E-state index contributed by atoms with van der Waals surface area (Å²) in [7, 11) is 0. The van der Waals surface area contributed by atoms with Gasteiger partial charge in [0.15, 0.2) is 0 Å². The fourth-order valence-corrected chi connectivity index (χ4v) is 1.38. The maximum Gasteiger partial charge on any atom is 0.0584 e. The van der Waals surface area contributed by atoms with Crippen molar-refractivity contribution in [1.29, 1.82) is 0 Å². The molecule has 2 N–H and O–H groups in total. The van der Waals surface area contributed by atoms with Crippen LogP contribution in [0.2, 0.25) is 0 Å². The van der Waals surface area contributed by atoms with Crippen LogP contribution in [-0.4, -0.2) is 27.5 Å². The predicted molar refractivity (Wildman–Crippen MR) is 55.9 cm³/mol. The molecule has 1 unspecified atom stereocenters. The molecule has 1 aromatic rings. The van der Waals surface area contributed by atoms with E-state index in [-0.39, 0.29) is 12.6 Å². The van der Waals surface area contributed by atoms with E-state index in [4.69, 9.17) is 5.11 Å². The van der Waals surface area contributed by atoms with Gasteiger partial charge in [0.25, 0.3) is 0 Å². The van der Waals surface area contributed by atoms with Crippen molar-refractivity contribution in [2.45, 2.75) is 39.4 Å². The molecule has 4 nitrogen and oxygen atoms in total. The Hall–Kier alpha value is -0.870. The van der Waals surface area contributed by atoms with Crippen molar-refractivity contribution in [2.24, 2.45) is 0 Å². The Morgan fingerprint density at radius 2 is 2.36 bits per heavy atom. The van der Waals surface area contributed by atoms with Crippen LogP contribution in [0.4, 0.5) is 0 Å². The lowest BCUT2D eigenvalue weighted by atomic mass is 10.2. The third kappa shape index (κ3) is 2.82. The molecule has 1 aromatic heterocycles. The number of aliphatic hydroxyl groups excluding tert-OH is 1. The first-order valence-corrected chi connectivity index (χ1v) is 5.16. The number of hydrogen-bond donors (Lipinski definition) is 2. The van der Waals surface area contributed by atoms with Crippen LogP contribution in [-0.2, 0) is 13.1 Å². The van der Waals surface area contributed by atoms with Gasteiger partial charge in [0.1, 0.15) is 0 Å². The summed E-state index contributed by atoms with van der Waals surface area (Å²) in [5.41, 5.74) is 1.17. The Balaban J connectivity index is 2.44. The van der Waals surface area contributed by atoms with Gasteiger partial charge >= 0.3 is 0 Å². The minimum atomic E-state index is 0.190. The standard InChI is InChI=1S/C10H19N3O/c1-3-9(8-14)11-7-10-5-6-12-13(10)4-2/h5-6,9,11,14H,3-4,7-8H2,1-2H3. The van der Waals surface area contributed by atoms with E-state index in [9.17, 15) is 0 Å². The zero-order valence-electron chi connectivity index (χ0n) is 8.90. The van der Waals surface area contributed by atoms with Gasteiger partial charge in [0, 0.05) is 25.3 Å². The van der Waals surface area contributed by atoms with Crippen molar-refractivity contribution in [3.63, 3.8) is 0 Å². The summed E-state index contributed by atoms with van der Waals surface area (Å²) >= 11 is 0. The molecule has 80 valence electrons. The molecule has 1 heterocycles. The molecule has 0 aliphatic heterocycles. The van der Waals surface area contributed by atoms with E-state index in [0.717, 1.165) is 19.5 Å². The van der Waals surface area contributed by atoms with Gasteiger partial charge in [0.05, 0.1) is 12.3 Å². The highest BCUT2D eigenvalue weighted by atomic mass is 16.3. The normalized spacial score (nSPS) is 13.1. The molecule has 0 amide bonds. The second kappa shape index (κ2) is 5.78. The Labute approximate surface area is 84.9 Å². The van der Waals surface area contributed by atoms with Crippen LogP contribution >= 0.6 is 0 Å². The molecule has 0 aliphatic rings. The fourth-order valence-electron chi connectivity index (χ4n) is 1.38. The van der Waals surface area contributed by atoms with Gasteiger partial charge in [-0.25, -0.2) is 0 Å². The lowest BCUT2D eigenvalue weighted by molar-refractivity contribution is 0.237. The molecule has 0 radical (unpaired) electrons. The van der Waals surface area contributed by atoms with Gasteiger partial charge in [-0.1, -0.05) is 6.92 Å². The van der Waals surface area contributed by atoms with Gasteiger partial charge in [-0.05, 0) is 19.4 Å². The van der Waals surface area contributed by atoms with Crippen LogP contribution < -0.4 is 5.32 Å². The van der Waals surface area contributed by atoms with Crippen LogP contribution in [0.25, 0.3) is 0 Å². The van der Waals surface area contributed by atoms with Gasteiger partial charge in [-0.2, -0.15) is 5.10 Å². The molecule has 0 saturated carbocycles. The maximum absolute atomic E-state index is 9.00. The van der Waals surface area contributed by atoms with Gasteiger partial charge < -0.3 is 10.4 Å². The number of aromatic nitrogens is 2. The Morgan fingerprint density at radius 3 is 2.93 bits per heavy atom. The molecular formula is C10H19N3O. The van der Waals surface area contributed by atoms with Crippen LogP contribution in [0.5, 0.6) is 0 Å². The van der Waals surface area contributed by atoms with Crippen LogP contribution in [0.15, 0.2) is 12.3 Å². The molecule has 0 fully saturated rings. The van der Waals surface area contributed by atoms with Crippen molar-refractivity contribution < 1.29 is 5.11 Å². The van der Waals surface area contributed by atoms with Crippen molar-refractivity contribution in [2.75, 3.05) is 6.61 Å². The fraction of sp³-hybridized carbons (Fsp3) is 0.700. The predicted octanol–water partition coefficient (Wildman–Crippen LogP) is 0.763. The summed E-state index contributed by atoms with van der Waals surface area (Å²) in [4.78, 5) is 0. The first-order valence-electron chi connectivity index (χ1n) is 5.16. The van der Waals surface area contributed by atoms with E-state index >= 15 is 0 Å². The van der Waals surface area contributed by atoms with Gasteiger partial charge in [0.2, 0.25) is 0 Å². The first kappa shape index (κ1) is 11.2. The van der Waals surface area contributed by atoms with Crippen LogP contribution in [0, 0.1) is 0 Å². The van der Waals surface area contributed by atoms with Crippen molar-refractivity contribution in [1.82, 2.24) is 15.1 Å². The second-order valence-corrected chi connectivity index (χ2v) is 3.31. The summed E-state index contributed by atoms with van der Waals surface area (Å²) in [6.45, 7) is 5.98. The molecule has 1 atom stereocenters. The first-order chi connectivity index (χ1) is 6.81. The van der Waals surface area contributed by atoms with Crippen molar-refractivity contribution in [3.05, 3.63) is 18.0 Å². The Kier molecular flexibility index (Phi) is 4.62. The molecule has 0 aliphatic carbocycles. The molecular weight excluding hydrogens is 178 g/mol. The van der Waals surface area contributed by atoms with E-state index in [0.29, 0.717) is 0 Å². The van der Waals surface area contributed by atoms with Crippen LogP contribution in [0.1, 0.15) is 26.0 Å². The quantitative estimate of drug-likeness (QED) is 0.708. The number of hydrogen-bond acceptors (Lipinski definition) is 3. The Morgan fingerprint density at radius 1 is 1.57 bits per heavy atom. The molecule has 0 aromatic carbocycles. The highest BCUT2D eigenvalue weighted by molar-refractivity contribution is 5.00. The molecule has 1 rings (SSSR count). The van der Waals surface area contributed by atoms with E-state index in [1.54, 1.807) is 6.20 Å². The van der Waals surface area contributed by atoms with E-state index < -0.39 is 0 Å². The molecule has 14 heavy (non-hydrogen) atoms. The average Bonchev–Trinajstić information content (AvgIpc) is 2.67. The van der Waals surface area contributed by atoms with Gasteiger partial charge in [-0.3, -0.25) is 4.68 Å². The zero-order valence-corrected chi connectivity index (χ0v) is 8.90. The lowest BCUT2D eigenvalue weighted by Crippen LogP contribution is -2.31. The molecule has 0 spiro atoms. The van der Waals surface area contributed by atoms with Crippen molar-refractivity contribution >= 4 is 0 Å². The highest BCUT2D eigenvalue weighted by Crippen LogP contribution is 1.99. The summed E-state index contributed by atoms with van der Waals surface area (Å²) < 4.78 is 1.96. The van der Waals surface area contributed by atoms with E-state index in [1.165, 1.54) is 5.69 Å². The van der Waals surface area contributed by atoms with Gasteiger partial charge in [-0.15, -0.1) is 0 Å². The molecule has 0 saturated heterocycles. The second-order valence-electron chi connectivity index (χ2n) is 3.31. The number of rotatable bonds is 6.